The highest BCUT2D eigenvalue weighted by Crippen LogP contribution is 2.22. The molecule has 2 aromatic rings. The Labute approximate surface area is 143 Å². The molecule has 0 aliphatic carbocycles. The molecule has 0 saturated heterocycles. The first-order chi connectivity index (χ1) is 12.0. The number of methoxy groups -OCH3 is 2. The summed E-state index contributed by atoms with van der Waals surface area (Å²) in [5.41, 5.74) is -0.566. The molecule has 1 aromatic heterocycles. The number of hydrogen-bond donors (Lipinski definition) is 1. The Morgan fingerprint density at radius 3 is 2.20 bits per heavy atom. The van der Waals surface area contributed by atoms with Crippen molar-refractivity contribution in [2.75, 3.05) is 14.2 Å². The predicted molar refractivity (Wildman–Crippen MR) is 84.1 cm³/mol. The van der Waals surface area contributed by atoms with Gasteiger partial charge in [-0.3, -0.25) is 0 Å². The second kappa shape index (κ2) is 7.91. The number of ether oxygens (including phenoxy) is 3. The van der Waals surface area contributed by atoms with E-state index >= 15 is 0 Å². The van der Waals surface area contributed by atoms with Gasteiger partial charge in [0.15, 0.2) is 11.4 Å². The molecule has 0 aliphatic rings. The zero-order valence-electron chi connectivity index (χ0n) is 13.5. The maximum absolute atomic E-state index is 12.1. The van der Waals surface area contributed by atoms with Crippen LogP contribution < -0.4 is 0 Å². The van der Waals surface area contributed by atoms with E-state index in [2.05, 4.69) is 14.5 Å². The van der Waals surface area contributed by atoms with Gasteiger partial charge in [-0.05, 0) is 11.6 Å². The number of benzene rings is 1. The van der Waals surface area contributed by atoms with Crippen LogP contribution in [-0.4, -0.2) is 42.2 Å². The van der Waals surface area contributed by atoms with E-state index < -0.39 is 35.0 Å². The van der Waals surface area contributed by atoms with Gasteiger partial charge in [-0.2, -0.15) is 0 Å². The first-order valence-electron chi connectivity index (χ1n) is 7.09. The van der Waals surface area contributed by atoms with Crippen molar-refractivity contribution >= 4 is 17.9 Å². The van der Waals surface area contributed by atoms with Gasteiger partial charge in [-0.1, -0.05) is 30.3 Å². The van der Waals surface area contributed by atoms with Crippen LogP contribution in [0.25, 0.3) is 0 Å². The highest BCUT2D eigenvalue weighted by molar-refractivity contribution is 6.03. The number of carbonyl (C=O) groups excluding carboxylic acids is 3. The molecule has 2 rings (SSSR count). The lowest BCUT2D eigenvalue weighted by Crippen LogP contribution is -2.18. The number of esters is 3. The van der Waals surface area contributed by atoms with E-state index in [9.17, 15) is 19.5 Å². The van der Waals surface area contributed by atoms with Crippen LogP contribution in [0.2, 0.25) is 0 Å². The minimum Gasteiger partial charge on any atom is -0.505 e. The van der Waals surface area contributed by atoms with Gasteiger partial charge in [0.2, 0.25) is 0 Å². The van der Waals surface area contributed by atoms with Gasteiger partial charge < -0.3 is 19.3 Å². The van der Waals surface area contributed by atoms with E-state index in [-0.39, 0.29) is 12.2 Å². The number of aromatic hydroxyl groups is 1. The van der Waals surface area contributed by atoms with Crippen LogP contribution in [-0.2, 0) is 20.8 Å². The summed E-state index contributed by atoms with van der Waals surface area (Å²) in [5, 5.41) is 9.96. The summed E-state index contributed by atoms with van der Waals surface area (Å²) in [7, 11) is 2.19. The first-order valence-corrected chi connectivity index (χ1v) is 7.09. The zero-order valence-corrected chi connectivity index (χ0v) is 13.5. The molecule has 1 N–H and O–H groups in total. The molecule has 0 spiro atoms. The van der Waals surface area contributed by atoms with Crippen molar-refractivity contribution in [2.24, 2.45) is 0 Å². The van der Waals surface area contributed by atoms with Crippen molar-refractivity contribution in [3.05, 3.63) is 58.9 Å². The second-order valence-electron chi connectivity index (χ2n) is 4.80. The lowest BCUT2D eigenvalue weighted by atomic mass is 10.1. The molecular formula is C17H15NO7. The van der Waals surface area contributed by atoms with Crippen LogP contribution in [0.15, 0.2) is 36.4 Å². The van der Waals surface area contributed by atoms with Crippen LogP contribution in [0, 0.1) is 0 Å². The second-order valence-corrected chi connectivity index (χ2v) is 4.80. The molecule has 0 unspecified atom stereocenters. The van der Waals surface area contributed by atoms with Crippen LogP contribution >= 0.6 is 0 Å². The quantitative estimate of drug-likeness (QED) is 0.644. The van der Waals surface area contributed by atoms with Crippen LogP contribution in [0.5, 0.6) is 5.75 Å². The fourth-order valence-electron chi connectivity index (χ4n) is 1.96. The van der Waals surface area contributed by atoms with Gasteiger partial charge in [0.1, 0.15) is 12.4 Å². The minimum absolute atomic E-state index is 0.0485. The summed E-state index contributed by atoms with van der Waals surface area (Å²) < 4.78 is 14.1. The van der Waals surface area contributed by atoms with Crippen molar-refractivity contribution in [1.29, 1.82) is 0 Å². The van der Waals surface area contributed by atoms with Crippen molar-refractivity contribution < 1.29 is 33.7 Å². The molecule has 25 heavy (non-hydrogen) atoms. The van der Waals surface area contributed by atoms with E-state index in [4.69, 9.17) is 4.74 Å². The van der Waals surface area contributed by atoms with Crippen LogP contribution in [0.3, 0.4) is 0 Å². The average Bonchev–Trinajstić information content (AvgIpc) is 2.65. The molecule has 130 valence electrons. The number of nitrogens with zero attached hydrogens (tertiary/aromatic N) is 1. The van der Waals surface area contributed by atoms with Gasteiger partial charge in [-0.25, -0.2) is 19.4 Å². The van der Waals surface area contributed by atoms with E-state index in [0.717, 1.165) is 25.8 Å². The minimum atomic E-state index is -0.961. The van der Waals surface area contributed by atoms with Crippen molar-refractivity contribution in [3.8, 4) is 5.75 Å². The topological polar surface area (TPSA) is 112 Å². The summed E-state index contributed by atoms with van der Waals surface area (Å²) in [6, 6.07) is 9.78. The van der Waals surface area contributed by atoms with Gasteiger partial charge in [0.05, 0.1) is 19.8 Å². The molecule has 1 heterocycles. The van der Waals surface area contributed by atoms with Crippen LogP contribution in [0.4, 0.5) is 0 Å². The number of carbonyl (C=O) groups is 3. The maximum atomic E-state index is 12.1. The molecule has 0 bridgehead atoms. The SMILES string of the molecule is COC(=O)c1cc(O)c(C(=O)OCc2ccccc2)nc1C(=O)OC. The predicted octanol–water partition coefficient (Wildman–Crippen LogP) is 1.72. The first kappa shape index (κ1) is 17.9. The molecular weight excluding hydrogens is 330 g/mol. The van der Waals surface area contributed by atoms with E-state index in [1.165, 1.54) is 0 Å². The maximum Gasteiger partial charge on any atom is 0.361 e. The molecule has 8 nitrogen and oxygen atoms in total. The van der Waals surface area contributed by atoms with Gasteiger partial charge in [-0.15, -0.1) is 0 Å². The van der Waals surface area contributed by atoms with Crippen molar-refractivity contribution in [2.45, 2.75) is 6.61 Å². The fourth-order valence-corrected chi connectivity index (χ4v) is 1.96. The van der Waals surface area contributed by atoms with Gasteiger partial charge >= 0.3 is 17.9 Å². The number of pyridine rings is 1. The number of aromatic nitrogens is 1. The molecule has 0 fully saturated rings. The Morgan fingerprint density at radius 2 is 1.60 bits per heavy atom. The van der Waals surface area contributed by atoms with Crippen molar-refractivity contribution in [3.63, 3.8) is 0 Å². The van der Waals surface area contributed by atoms with Gasteiger partial charge in [0, 0.05) is 0 Å². The lowest BCUT2D eigenvalue weighted by Gasteiger charge is -2.10. The lowest BCUT2D eigenvalue weighted by molar-refractivity contribution is 0.0458. The third kappa shape index (κ3) is 4.11. The van der Waals surface area contributed by atoms with Gasteiger partial charge in [0.25, 0.3) is 0 Å². The highest BCUT2D eigenvalue weighted by atomic mass is 16.5. The molecule has 0 radical (unpaired) electrons. The third-order valence-corrected chi connectivity index (χ3v) is 3.19. The third-order valence-electron chi connectivity index (χ3n) is 3.19. The molecule has 8 heteroatoms. The number of hydrogen-bond acceptors (Lipinski definition) is 8. The van der Waals surface area contributed by atoms with E-state index in [1.54, 1.807) is 24.3 Å². The molecule has 0 saturated carbocycles. The Hall–Kier alpha value is -3.42. The summed E-state index contributed by atoms with van der Waals surface area (Å²) in [6.07, 6.45) is 0. The average molecular weight is 345 g/mol. The Kier molecular flexibility index (Phi) is 5.67. The van der Waals surface area contributed by atoms with E-state index in [1.807, 2.05) is 6.07 Å². The summed E-state index contributed by atoms with van der Waals surface area (Å²) in [5.74, 6) is -3.45. The Bertz CT molecular complexity index is 802. The molecule has 0 amide bonds. The van der Waals surface area contributed by atoms with E-state index in [0.29, 0.717) is 0 Å². The normalized spacial score (nSPS) is 10.0. The fraction of sp³-hybridized carbons (Fsp3) is 0.176. The van der Waals surface area contributed by atoms with Crippen molar-refractivity contribution in [1.82, 2.24) is 4.98 Å². The largest absolute Gasteiger partial charge is 0.505 e. The monoisotopic (exact) mass is 345 g/mol. The Morgan fingerprint density at radius 1 is 0.960 bits per heavy atom. The molecule has 0 aliphatic heterocycles. The summed E-state index contributed by atoms with van der Waals surface area (Å²) in [4.78, 5) is 39.4. The smallest absolute Gasteiger partial charge is 0.361 e. The molecule has 0 atom stereocenters. The highest BCUT2D eigenvalue weighted by Gasteiger charge is 2.26. The Balaban J connectivity index is 2.32. The summed E-state index contributed by atoms with van der Waals surface area (Å²) in [6.45, 7) is -0.0485. The summed E-state index contributed by atoms with van der Waals surface area (Å²) >= 11 is 0. The zero-order chi connectivity index (χ0) is 18.4. The standard InChI is InChI=1S/C17H15NO7/c1-23-15(20)11-8-12(19)14(18-13(11)16(21)24-2)17(22)25-9-10-6-4-3-5-7-10/h3-8,19H,9H2,1-2H3. The molecule has 1 aromatic carbocycles. The number of rotatable bonds is 5. The van der Waals surface area contributed by atoms with Crippen LogP contribution in [0.1, 0.15) is 36.9 Å².